The van der Waals surface area contributed by atoms with Gasteiger partial charge in [0, 0.05) is 17.6 Å². The fraction of sp³-hybridized carbons (Fsp3) is 0.280. The number of nitrogens with zero attached hydrogens (tertiary/aromatic N) is 1. The summed E-state index contributed by atoms with van der Waals surface area (Å²) in [5, 5.41) is 12.6. The molecule has 0 unspecified atom stereocenters. The zero-order valence-electron chi connectivity index (χ0n) is 18.4. The van der Waals surface area contributed by atoms with Crippen LogP contribution in [0.25, 0.3) is 33.3 Å². The van der Waals surface area contributed by atoms with E-state index in [9.17, 15) is 9.90 Å². The predicted octanol–water partition coefficient (Wildman–Crippen LogP) is 1.74. The number of hydrogen-bond acceptors (Lipinski definition) is 6. The van der Waals surface area contributed by atoms with Crippen LogP contribution in [0.3, 0.4) is 0 Å². The van der Waals surface area contributed by atoms with Crippen molar-refractivity contribution in [3.8, 4) is 23.0 Å². The van der Waals surface area contributed by atoms with E-state index >= 15 is 0 Å². The number of fused-ring (bicyclic) bond motifs is 2. The van der Waals surface area contributed by atoms with E-state index in [0.717, 1.165) is 40.4 Å². The van der Waals surface area contributed by atoms with Gasteiger partial charge in [0.1, 0.15) is 17.0 Å². The monoisotopic (exact) mass is 441 g/mol. The number of aliphatic carboxylic acids is 1. The normalized spacial score (nSPS) is 10.8. The van der Waals surface area contributed by atoms with Crippen molar-refractivity contribution in [2.45, 2.75) is 32.6 Å². The van der Waals surface area contributed by atoms with Gasteiger partial charge in [-0.3, -0.25) is 0 Å². The van der Waals surface area contributed by atoms with Crippen molar-refractivity contribution in [1.82, 2.24) is 4.98 Å². The van der Waals surface area contributed by atoms with Crippen molar-refractivity contribution in [2.75, 3.05) is 13.2 Å². The van der Waals surface area contributed by atoms with Gasteiger partial charge in [0.25, 0.3) is 0 Å². The van der Waals surface area contributed by atoms with Crippen molar-refractivity contribution in [3.05, 3.63) is 54.6 Å². The molecule has 0 spiro atoms. The molecule has 0 atom stereocenters. The minimum atomic E-state index is -1.01. The van der Waals surface area contributed by atoms with Crippen LogP contribution in [-0.2, 0) is 4.79 Å². The maximum atomic E-state index is 10.4. The number of hydrogen-bond donors (Lipinski definition) is 0. The average Bonchev–Trinajstić information content (AvgIpc) is 3.19. The summed E-state index contributed by atoms with van der Waals surface area (Å²) in [5.41, 5.74) is 2.34. The molecule has 0 aliphatic carbocycles. The van der Waals surface area contributed by atoms with E-state index in [4.69, 9.17) is 13.9 Å². The summed E-state index contributed by atoms with van der Waals surface area (Å²) in [6.45, 7) is 3.13. The predicted molar refractivity (Wildman–Crippen MR) is 117 cm³/mol. The zero-order valence-corrected chi connectivity index (χ0v) is 20.4. The van der Waals surface area contributed by atoms with Crippen molar-refractivity contribution in [3.63, 3.8) is 0 Å². The third-order valence-electron chi connectivity index (χ3n) is 5.02. The number of oxazole rings is 1. The topological polar surface area (TPSA) is 84.6 Å². The van der Waals surface area contributed by atoms with E-state index in [1.807, 2.05) is 55.5 Å². The van der Waals surface area contributed by atoms with Crippen LogP contribution < -0.4 is 44.1 Å². The number of ether oxygens (including phenoxy) is 2. The second-order valence-corrected chi connectivity index (χ2v) is 7.34. The van der Waals surface area contributed by atoms with E-state index in [-0.39, 0.29) is 36.0 Å². The Morgan fingerprint density at radius 1 is 0.938 bits per heavy atom. The van der Waals surface area contributed by atoms with Gasteiger partial charge in [-0.25, -0.2) is 4.98 Å². The summed E-state index contributed by atoms with van der Waals surface area (Å²) in [5.74, 6) is 1.12. The Hall–Kier alpha value is -2.54. The van der Waals surface area contributed by atoms with Crippen LogP contribution in [0.4, 0.5) is 0 Å². The molecule has 4 rings (SSSR count). The van der Waals surface area contributed by atoms with Gasteiger partial charge in [-0.15, -0.1) is 0 Å². The van der Waals surface area contributed by atoms with Crippen molar-refractivity contribution in [2.24, 2.45) is 0 Å². The molecule has 0 bridgehead atoms. The smallest absolute Gasteiger partial charge is 0.550 e. The quantitative estimate of drug-likeness (QED) is 0.275. The first-order chi connectivity index (χ1) is 15.1. The number of carbonyl (C=O) groups excluding carboxylic acids is 1. The average molecular weight is 441 g/mol. The Balaban J connectivity index is 0.00000289. The minimum absolute atomic E-state index is 0. The molecule has 0 aliphatic heterocycles. The standard InChI is InChI=1S/C25H25NO5.Na/c1-2-29-20-10-9-17-14-19(8-7-18(17)15-20)25-26-22-12-11-21(16-23(22)31-25)30-13-5-3-4-6-24(27)28;/h7-12,14-16H,2-6,13H2,1H3,(H,27,28);/q;+1/p-1. The van der Waals surface area contributed by atoms with E-state index in [1.165, 1.54) is 0 Å². The minimum Gasteiger partial charge on any atom is -0.550 e. The molecule has 0 aliphatic rings. The number of carboxylic acid groups (broad SMARTS) is 1. The Morgan fingerprint density at radius 3 is 2.50 bits per heavy atom. The van der Waals surface area contributed by atoms with E-state index in [0.29, 0.717) is 36.9 Å². The molecule has 3 aromatic carbocycles. The maximum absolute atomic E-state index is 10.4. The SMILES string of the molecule is CCOc1ccc2cc(-c3nc4ccc(OCCCCCC(=O)[O-])cc4o3)ccc2c1.[Na+]. The van der Waals surface area contributed by atoms with Crippen molar-refractivity contribution < 1.29 is 53.3 Å². The first-order valence-electron chi connectivity index (χ1n) is 10.5. The zero-order chi connectivity index (χ0) is 21.6. The molecule has 4 aromatic rings. The maximum Gasteiger partial charge on any atom is 1.00 e. The molecule has 0 N–H and O–H groups in total. The molecular formula is C25H24NNaO5. The van der Waals surface area contributed by atoms with Gasteiger partial charge in [-0.2, -0.15) is 0 Å². The molecule has 160 valence electrons. The van der Waals surface area contributed by atoms with E-state index in [2.05, 4.69) is 11.1 Å². The van der Waals surface area contributed by atoms with Crippen LogP contribution >= 0.6 is 0 Å². The van der Waals surface area contributed by atoms with Crippen LogP contribution in [0, 0.1) is 0 Å². The van der Waals surface area contributed by atoms with Gasteiger partial charge in [-0.05, 0) is 79.8 Å². The third-order valence-corrected chi connectivity index (χ3v) is 5.02. The van der Waals surface area contributed by atoms with Gasteiger partial charge >= 0.3 is 29.6 Å². The number of aromatic nitrogens is 1. The van der Waals surface area contributed by atoms with Crippen LogP contribution in [0.15, 0.2) is 59.0 Å². The molecule has 7 heteroatoms. The molecule has 32 heavy (non-hydrogen) atoms. The van der Waals surface area contributed by atoms with Crippen LogP contribution in [0.2, 0.25) is 0 Å². The number of rotatable bonds is 10. The van der Waals surface area contributed by atoms with Crippen LogP contribution in [0.5, 0.6) is 11.5 Å². The van der Waals surface area contributed by atoms with Gasteiger partial charge in [0.05, 0.1) is 13.2 Å². The Morgan fingerprint density at radius 2 is 1.69 bits per heavy atom. The molecule has 0 saturated carbocycles. The number of unbranched alkanes of at least 4 members (excludes halogenated alkanes) is 2. The summed E-state index contributed by atoms with van der Waals surface area (Å²) < 4.78 is 17.3. The molecule has 6 nitrogen and oxygen atoms in total. The molecule has 1 heterocycles. The van der Waals surface area contributed by atoms with E-state index < -0.39 is 5.97 Å². The molecular weight excluding hydrogens is 417 g/mol. The summed E-state index contributed by atoms with van der Waals surface area (Å²) in [4.78, 5) is 15.0. The van der Waals surface area contributed by atoms with Gasteiger partial charge in [0.2, 0.25) is 5.89 Å². The second-order valence-electron chi connectivity index (χ2n) is 7.34. The number of benzene rings is 3. The number of carbonyl (C=O) groups is 1. The van der Waals surface area contributed by atoms with Gasteiger partial charge in [0.15, 0.2) is 5.58 Å². The summed E-state index contributed by atoms with van der Waals surface area (Å²) in [6.07, 6.45) is 2.27. The summed E-state index contributed by atoms with van der Waals surface area (Å²) in [6, 6.07) is 17.7. The third kappa shape index (κ3) is 6.03. The first-order valence-corrected chi connectivity index (χ1v) is 10.5. The fourth-order valence-electron chi connectivity index (χ4n) is 3.47. The first kappa shape index (κ1) is 24.1. The van der Waals surface area contributed by atoms with Crippen molar-refractivity contribution >= 4 is 27.8 Å². The summed E-state index contributed by atoms with van der Waals surface area (Å²) >= 11 is 0. The Bertz CT molecular complexity index is 1200. The van der Waals surface area contributed by atoms with Gasteiger partial charge in [-0.1, -0.05) is 12.1 Å². The fourth-order valence-corrected chi connectivity index (χ4v) is 3.47. The Kier molecular flexibility index (Phi) is 8.56. The molecule has 0 radical (unpaired) electrons. The molecule has 0 saturated heterocycles. The second kappa shape index (κ2) is 11.4. The number of carboxylic acids is 1. The largest absolute Gasteiger partial charge is 1.00 e. The summed E-state index contributed by atoms with van der Waals surface area (Å²) in [7, 11) is 0. The van der Waals surface area contributed by atoms with Crippen LogP contribution in [-0.4, -0.2) is 24.2 Å². The molecule has 0 fully saturated rings. The van der Waals surface area contributed by atoms with Crippen LogP contribution in [0.1, 0.15) is 32.6 Å². The Labute approximate surface area is 208 Å². The molecule has 1 aromatic heterocycles. The van der Waals surface area contributed by atoms with Gasteiger partial charge < -0.3 is 23.8 Å². The van der Waals surface area contributed by atoms with E-state index in [1.54, 1.807) is 0 Å². The molecule has 0 amide bonds. The van der Waals surface area contributed by atoms with Crippen molar-refractivity contribution in [1.29, 1.82) is 0 Å².